The molecule has 45 heavy (non-hydrogen) atoms. The van der Waals surface area contributed by atoms with E-state index >= 15 is 0 Å². The van der Waals surface area contributed by atoms with Gasteiger partial charge in [-0.2, -0.15) is 0 Å². The lowest BCUT2D eigenvalue weighted by Crippen LogP contribution is -2.55. The SMILES string of the molecule is O=C(O)c1cc(F)c(CCNC(=O)[C@H](CC(F)F)NC(=O)C2C[C@@H](c3ccccc3)CN2C(=O)[C@@H](O)C2CCCCC2)c(F)c1. The number of aliphatic hydroxyl groups excluding tert-OH is 1. The molecule has 2 aromatic rings. The maximum Gasteiger partial charge on any atom is 0.335 e. The average Bonchev–Trinajstić information content (AvgIpc) is 3.47. The first-order valence-corrected chi connectivity index (χ1v) is 15.1. The number of halogens is 4. The van der Waals surface area contributed by atoms with E-state index in [1.54, 1.807) is 0 Å². The van der Waals surface area contributed by atoms with Gasteiger partial charge in [0.15, 0.2) is 0 Å². The minimum Gasteiger partial charge on any atom is -0.478 e. The van der Waals surface area contributed by atoms with E-state index in [0.717, 1.165) is 24.8 Å². The third-order valence-corrected chi connectivity index (χ3v) is 8.62. The number of carbonyl (C=O) groups is 4. The first kappa shape index (κ1) is 33.9. The van der Waals surface area contributed by atoms with Crippen molar-refractivity contribution in [1.29, 1.82) is 0 Å². The fourth-order valence-electron chi connectivity index (χ4n) is 6.19. The molecule has 1 unspecified atom stereocenters. The van der Waals surface area contributed by atoms with Crippen LogP contribution in [0.5, 0.6) is 0 Å². The van der Waals surface area contributed by atoms with E-state index in [-0.39, 0.29) is 24.8 Å². The molecule has 0 bridgehead atoms. The van der Waals surface area contributed by atoms with Crippen LogP contribution in [0.15, 0.2) is 42.5 Å². The van der Waals surface area contributed by atoms with E-state index in [2.05, 4.69) is 10.6 Å². The fraction of sp³-hybridized carbons (Fsp3) is 0.500. The number of benzene rings is 2. The molecule has 4 rings (SSSR count). The summed E-state index contributed by atoms with van der Waals surface area (Å²) in [7, 11) is 0. The van der Waals surface area contributed by atoms with Crippen molar-refractivity contribution in [1.82, 2.24) is 15.5 Å². The Kier molecular flexibility index (Phi) is 11.5. The van der Waals surface area contributed by atoms with Gasteiger partial charge in [0.1, 0.15) is 29.8 Å². The largest absolute Gasteiger partial charge is 0.478 e. The van der Waals surface area contributed by atoms with Gasteiger partial charge in [-0.1, -0.05) is 49.6 Å². The number of nitrogens with zero attached hydrogens (tertiary/aromatic N) is 1. The molecule has 244 valence electrons. The van der Waals surface area contributed by atoms with E-state index in [0.29, 0.717) is 25.0 Å². The Labute approximate surface area is 258 Å². The molecule has 2 fully saturated rings. The zero-order valence-electron chi connectivity index (χ0n) is 24.6. The molecule has 0 aromatic heterocycles. The number of rotatable bonds is 12. The first-order valence-electron chi connectivity index (χ1n) is 15.1. The molecule has 9 nitrogen and oxygen atoms in total. The Bertz CT molecular complexity index is 1350. The van der Waals surface area contributed by atoms with Crippen LogP contribution in [0.25, 0.3) is 0 Å². The van der Waals surface area contributed by atoms with Gasteiger partial charge in [0.2, 0.25) is 18.2 Å². The summed E-state index contributed by atoms with van der Waals surface area (Å²) in [4.78, 5) is 52.2. The number of aliphatic hydroxyl groups is 1. The van der Waals surface area contributed by atoms with Gasteiger partial charge in [-0.15, -0.1) is 0 Å². The Balaban J connectivity index is 1.46. The van der Waals surface area contributed by atoms with Crippen LogP contribution in [-0.4, -0.2) is 76.5 Å². The van der Waals surface area contributed by atoms with Crippen molar-refractivity contribution in [2.45, 2.75) is 81.9 Å². The highest BCUT2D eigenvalue weighted by atomic mass is 19.3. The van der Waals surface area contributed by atoms with Crippen molar-refractivity contribution in [2.24, 2.45) is 5.92 Å². The van der Waals surface area contributed by atoms with Gasteiger partial charge >= 0.3 is 5.97 Å². The van der Waals surface area contributed by atoms with Crippen LogP contribution in [0, 0.1) is 17.6 Å². The monoisotopic (exact) mass is 635 g/mol. The third-order valence-electron chi connectivity index (χ3n) is 8.62. The molecular weight excluding hydrogens is 598 g/mol. The second-order valence-electron chi connectivity index (χ2n) is 11.6. The number of aromatic carboxylic acids is 1. The Morgan fingerprint density at radius 3 is 2.22 bits per heavy atom. The van der Waals surface area contributed by atoms with Gasteiger partial charge in [0.25, 0.3) is 5.91 Å². The van der Waals surface area contributed by atoms with Crippen molar-refractivity contribution < 1.29 is 47.0 Å². The lowest BCUT2D eigenvalue weighted by molar-refractivity contribution is -0.148. The van der Waals surface area contributed by atoms with Gasteiger partial charge in [-0.05, 0) is 49.3 Å². The predicted molar refractivity (Wildman–Crippen MR) is 154 cm³/mol. The van der Waals surface area contributed by atoms with Crippen LogP contribution < -0.4 is 10.6 Å². The van der Waals surface area contributed by atoms with E-state index in [4.69, 9.17) is 5.11 Å². The van der Waals surface area contributed by atoms with Gasteiger partial charge in [-0.3, -0.25) is 14.4 Å². The topological polar surface area (TPSA) is 136 Å². The van der Waals surface area contributed by atoms with Gasteiger partial charge < -0.3 is 25.7 Å². The molecule has 0 radical (unpaired) electrons. The van der Waals surface area contributed by atoms with Crippen LogP contribution in [0.4, 0.5) is 17.6 Å². The lowest BCUT2D eigenvalue weighted by atomic mass is 9.84. The number of amides is 3. The maximum atomic E-state index is 14.3. The highest BCUT2D eigenvalue weighted by Gasteiger charge is 2.44. The van der Waals surface area contributed by atoms with Crippen LogP contribution in [0.3, 0.4) is 0 Å². The summed E-state index contributed by atoms with van der Waals surface area (Å²) in [6.07, 6.45) is -1.52. The van der Waals surface area contributed by atoms with Gasteiger partial charge in [0, 0.05) is 31.0 Å². The molecule has 13 heteroatoms. The maximum absolute atomic E-state index is 14.3. The minimum absolute atomic E-state index is 0.119. The smallest absolute Gasteiger partial charge is 0.335 e. The molecule has 0 spiro atoms. The summed E-state index contributed by atoms with van der Waals surface area (Å²) in [5, 5.41) is 24.5. The highest BCUT2D eigenvalue weighted by Crippen LogP contribution is 2.34. The van der Waals surface area contributed by atoms with E-state index in [1.165, 1.54) is 4.90 Å². The second kappa shape index (κ2) is 15.3. The van der Waals surface area contributed by atoms with Crippen LogP contribution >= 0.6 is 0 Å². The zero-order chi connectivity index (χ0) is 32.7. The highest BCUT2D eigenvalue weighted by molar-refractivity contribution is 5.93. The number of likely N-dealkylation sites (tertiary alicyclic amines) is 1. The van der Waals surface area contributed by atoms with Crippen LogP contribution in [0.2, 0.25) is 0 Å². The van der Waals surface area contributed by atoms with Crippen molar-refractivity contribution in [3.8, 4) is 0 Å². The molecule has 2 aliphatic rings. The molecular formula is C32H37F4N3O6. The summed E-state index contributed by atoms with van der Waals surface area (Å²) in [6, 6.07) is 7.54. The molecule has 1 heterocycles. The van der Waals surface area contributed by atoms with E-state index in [9.17, 15) is 41.8 Å². The number of alkyl halides is 2. The number of hydrogen-bond acceptors (Lipinski definition) is 5. The summed E-state index contributed by atoms with van der Waals surface area (Å²) in [5.74, 6) is -6.82. The Hall–Kier alpha value is -4.00. The average molecular weight is 636 g/mol. The van der Waals surface area contributed by atoms with Crippen LogP contribution in [0.1, 0.15) is 72.3 Å². The second-order valence-corrected chi connectivity index (χ2v) is 11.6. The lowest BCUT2D eigenvalue weighted by Gasteiger charge is -2.32. The summed E-state index contributed by atoms with van der Waals surface area (Å²) in [6.45, 7) is -0.277. The molecule has 3 amide bonds. The van der Waals surface area contributed by atoms with Crippen molar-refractivity contribution in [3.63, 3.8) is 0 Å². The predicted octanol–water partition coefficient (Wildman–Crippen LogP) is 3.79. The van der Waals surface area contributed by atoms with Crippen molar-refractivity contribution >= 4 is 23.7 Å². The summed E-state index contributed by atoms with van der Waals surface area (Å²) >= 11 is 0. The molecule has 2 aromatic carbocycles. The Morgan fingerprint density at radius 1 is 0.978 bits per heavy atom. The summed E-state index contributed by atoms with van der Waals surface area (Å²) < 4.78 is 55.5. The first-order chi connectivity index (χ1) is 21.5. The fourth-order valence-corrected chi connectivity index (χ4v) is 6.19. The third kappa shape index (κ3) is 8.59. The minimum atomic E-state index is -2.99. The molecule has 4 N–H and O–H groups in total. The normalized spacial score (nSPS) is 20.1. The van der Waals surface area contributed by atoms with E-state index in [1.807, 2.05) is 30.3 Å². The van der Waals surface area contributed by atoms with Crippen molar-refractivity contribution in [3.05, 3.63) is 70.8 Å². The number of carboxylic acid groups (broad SMARTS) is 1. The Morgan fingerprint density at radius 2 is 1.62 bits per heavy atom. The van der Waals surface area contributed by atoms with Gasteiger partial charge in [-0.25, -0.2) is 22.4 Å². The number of carbonyl (C=O) groups excluding carboxylic acids is 3. The quantitative estimate of drug-likeness (QED) is 0.262. The molecule has 1 aliphatic carbocycles. The standard InChI is InChI=1S/C32H37F4N3O6/c33-23-13-20(32(44)45)14-24(34)22(23)11-12-37-29(41)25(16-27(35)36)38-30(42)26-15-21(18-7-3-1-4-8-18)17-39(26)31(43)28(40)19-9-5-2-6-10-19/h1,3-4,7-8,13-14,19,21,25-28,40H,2,5-6,9-12,15-17H2,(H,37,41)(H,38,42)(H,44,45)/t21-,25+,26?,28+/m1/s1. The number of hydrogen-bond donors (Lipinski definition) is 4. The van der Waals surface area contributed by atoms with Crippen LogP contribution in [-0.2, 0) is 20.8 Å². The van der Waals surface area contributed by atoms with E-state index < -0.39 is 90.5 Å². The molecule has 1 saturated heterocycles. The number of carboxylic acids is 1. The van der Waals surface area contributed by atoms with Gasteiger partial charge in [0.05, 0.1) is 5.56 Å². The molecule has 1 aliphatic heterocycles. The summed E-state index contributed by atoms with van der Waals surface area (Å²) in [5.41, 5.74) is -0.244. The van der Waals surface area contributed by atoms with Crippen molar-refractivity contribution in [2.75, 3.05) is 13.1 Å². The molecule has 1 saturated carbocycles. The zero-order valence-corrected chi connectivity index (χ0v) is 24.6. The number of nitrogens with one attached hydrogen (secondary N) is 2. The molecule has 4 atom stereocenters.